The number of rotatable bonds is 5. The third kappa shape index (κ3) is 3.35. The molecular weight excluding hydrogens is 394 g/mol. The van der Waals surface area contributed by atoms with Crippen LogP contribution in [-0.2, 0) is 0 Å². The Hall–Kier alpha value is -2.61. The van der Waals surface area contributed by atoms with E-state index in [1.54, 1.807) is 21.3 Å². The molecule has 2 atom stereocenters. The number of halogens is 1. The van der Waals surface area contributed by atoms with E-state index in [4.69, 9.17) is 37.3 Å². The van der Waals surface area contributed by atoms with E-state index in [0.29, 0.717) is 40.3 Å². The number of aromatic nitrogens is 2. The van der Waals surface area contributed by atoms with Gasteiger partial charge in [0.05, 0.1) is 21.3 Å². The molecule has 2 aromatic rings. The summed E-state index contributed by atoms with van der Waals surface area (Å²) < 4.78 is 16.5. The van der Waals surface area contributed by atoms with E-state index in [0.717, 1.165) is 36.9 Å². The van der Waals surface area contributed by atoms with Crippen LogP contribution in [0.25, 0.3) is 0 Å². The molecule has 2 saturated heterocycles. The minimum Gasteiger partial charge on any atom is -0.493 e. The van der Waals surface area contributed by atoms with Gasteiger partial charge in [0.2, 0.25) is 11.7 Å². The highest BCUT2D eigenvalue weighted by Crippen LogP contribution is 2.50. The van der Waals surface area contributed by atoms with Gasteiger partial charge in [0.1, 0.15) is 11.0 Å². The summed E-state index contributed by atoms with van der Waals surface area (Å²) in [5, 5.41) is 0.362. The largest absolute Gasteiger partial charge is 0.493 e. The van der Waals surface area contributed by atoms with Gasteiger partial charge in [-0.15, -0.1) is 0 Å². The van der Waals surface area contributed by atoms with Gasteiger partial charge in [0, 0.05) is 35.5 Å². The molecule has 8 nitrogen and oxygen atoms in total. The number of hydrogen-bond donors (Lipinski definition) is 2. The molecule has 2 bridgehead atoms. The Balaban J connectivity index is 1.66. The minimum absolute atomic E-state index is 0.106. The molecule has 4 rings (SSSR count). The second-order valence-electron chi connectivity index (χ2n) is 7.52. The average molecular weight is 420 g/mol. The average Bonchev–Trinajstić information content (AvgIpc) is 2.96. The summed E-state index contributed by atoms with van der Waals surface area (Å²) in [4.78, 5) is 10.7. The number of methoxy groups -OCH3 is 3. The Morgan fingerprint density at radius 3 is 2.03 bits per heavy atom. The Bertz CT molecular complexity index is 863. The van der Waals surface area contributed by atoms with Gasteiger partial charge in [-0.3, -0.25) is 0 Å². The second kappa shape index (κ2) is 7.67. The molecule has 3 heterocycles. The molecule has 4 N–H and O–H groups in total. The third-order valence-corrected chi connectivity index (χ3v) is 6.32. The molecule has 2 aliphatic rings. The predicted octanol–water partition coefficient (Wildman–Crippen LogP) is 3.24. The van der Waals surface area contributed by atoms with Crippen LogP contribution < -0.4 is 30.6 Å². The van der Waals surface area contributed by atoms with Crippen molar-refractivity contribution < 1.29 is 14.2 Å². The molecule has 0 saturated carbocycles. The van der Waals surface area contributed by atoms with Gasteiger partial charge in [-0.1, -0.05) is 11.6 Å². The molecule has 1 aromatic heterocycles. The highest BCUT2D eigenvalue weighted by Gasteiger charge is 2.43. The number of benzene rings is 1. The maximum Gasteiger partial charge on any atom is 0.223 e. The van der Waals surface area contributed by atoms with Crippen molar-refractivity contribution in [3.63, 3.8) is 0 Å². The number of hydrogen-bond acceptors (Lipinski definition) is 8. The molecule has 0 radical (unpaired) electrons. The summed E-state index contributed by atoms with van der Waals surface area (Å²) in [6, 6.07) is 4.74. The molecule has 0 aliphatic carbocycles. The summed E-state index contributed by atoms with van der Waals surface area (Å²) in [7, 11) is 4.87. The highest BCUT2D eigenvalue weighted by molar-refractivity contribution is 6.30. The van der Waals surface area contributed by atoms with Crippen LogP contribution in [0.2, 0.25) is 5.15 Å². The van der Waals surface area contributed by atoms with E-state index in [-0.39, 0.29) is 11.9 Å². The number of nitrogens with zero attached hydrogens (tertiary/aromatic N) is 3. The number of nitrogens with two attached hydrogens (primary N) is 2. The molecule has 0 amide bonds. The fourth-order valence-electron chi connectivity index (χ4n) is 4.90. The lowest BCUT2D eigenvalue weighted by Gasteiger charge is -2.41. The number of anilines is 3. The van der Waals surface area contributed by atoms with Gasteiger partial charge >= 0.3 is 0 Å². The van der Waals surface area contributed by atoms with E-state index in [1.165, 1.54) is 0 Å². The van der Waals surface area contributed by atoms with Gasteiger partial charge in [0.15, 0.2) is 11.5 Å². The molecule has 29 heavy (non-hydrogen) atoms. The van der Waals surface area contributed by atoms with Crippen molar-refractivity contribution in [2.24, 2.45) is 0 Å². The Morgan fingerprint density at radius 2 is 1.55 bits per heavy atom. The van der Waals surface area contributed by atoms with Crippen LogP contribution in [-0.4, -0.2) is 43.4 Å². The zero-order valence-corrected chi connectivity index (χ0v) is 17.6. The zero-order chi connectivity index (χ0) is 20.7. The van der Waals surface area contributed by atoms with Crippen molar-refractivity contribution in [3.8, 4) is 17.2 Å². The molecule has 2 fully saturated rings. The molecule has 2 unspecified atom stereocenters. The summed E-state index contributed by atoms with van der Waals surface area (Å²) in [5.74, 6) is 2.60. The van der Waals surface area contributed by atoms with Crippen molar-refractivity contribution in [2.75, 3.05) is 37.7 Å². The van der Waals surface area contributed by atoms with Gasteiger partial charge in [-0.25, -0.2) is 4.98 Å². The van der Waals surface area contributed by atoms with Crippen molar-refractivity contribution in [3.05, 3.63) is 22.8 Å². The topological polar surface area (TPSA) is 109 Å². The first-order valence-corrected chi connectivity index (χ1v) is 10.0. The molecule has 1 aromatic carbocycles. The lowest BCUT2D eigenvalue weighted by molar-refractivity contribution is 0.324. The lowest BCUT2D eigenvalue weighted by atomic mass is 9.85. The maximum atomic E-state index is 6.38. The Kier molecular flexibility index (Phi) is 5.21. The van der Waals surface area contributed by atoms with E-state index < -0.39 is 0 Å². The van der Waals surface area contributed by atoms with Crippen LogP contribution in [0, 0.1) is 0 Å². The summed E-state index contributed by atoms with van der Waals surface area (Å²) in [5.41, 5.74) is 13.7. The fraction of sp³-hybridized carbons (Fsp3) is 0.500. The second-order valence-corrected chi connectivity index (χ2v) is 7.87. The van der Waals surface area contributed by atoms with Crippen molar-refractivity contribution in [1.29, 1.82) is 0 Å². The molecule has 2 aliphatic heterocycles. The molecule has 9 heteroatoms. The number of fused-ring (bicyclic) bond motifs is 2. The summed E-state index contributed by atoms with van der Waals surface area (Å²) >= 11 is 6.38. The van der Waals surface area contributed by atoms with Gasteiger partial charge in [0.25, 0.3) is 0 Å². The summed E-state index contributed by atoms with van der Waals surface area (Å²) in [6.07, 6.45) is 4.05. The first-order chi connectivity index (χ1) is 14.0. The van der Waals surface area contributed by atoms with E-state index in [9.17, 15) is 0 Å². The van der Waals surface area contributed by atoms with Crippen LogP contribution >= 0.6 is 11.6 Å². The van der Waals surface area contributed by atoms with E-state index in [1.807, 2.05) is 12.1 Å². The maximum absolute atomic E-state index is 6.38. The van der Waals surface area contributed by atoms with Crippen LogP contribution in [0.5, 0.6) is 17.2 Å². The monoisotopic (exact) mass is 419 g/mol. The summed E-state index contributed by atoms with van der Waals surface area (Å²) in [6.45, 7) is 0. The van der Waals surface area contributed by atoms with Gasteiger partial charge in [-0.05, 0) is 31.6 Å². The van der Waals surface area contributed by atoms with Crippen molar-refractivity contribution in [2.45, 2.75) is 43.7 Å². The van der Waals surface area contributed by atoms with E-state index >= 15 is 0 Å². The van der Waals surface area contributed by atoms with Gasteiger partial charge < -0.3 is 30.6 Å². The van der Waals surface area contributed by atoms with Crippen molar-refractivity contribution in [1.82, 2.24) is 9.97 Å². The lowest BCUT2D eigenvalue weighted by Crippen LogP contribution is -2.42. The fourth-order valence-corrected chi connectivity index (χ4v) is 5.24. The molecule has 0 spiro atoms. The first-order valence-electron chi connectivity index (χ1n) is 9.63. The SMILES string of the molecule is COc1cc(N2C3CCC2CC(c2c(N)nc(N)nc2Cl)C3)cc(OC)c1OC. The Morgan fingerprint density at radius 1 is 0.966 bits per heavy atom. The van der Waals surface area contributed by atoms with Gasteiger partial charge in [-0.2, -0.15) is 4.98 Å². The van der Waals surface area contributed by atoms with Crippen LogP contribution in [0.15, 0.2) is 12.1 Å². The number of ether oxygens (including phenoxy) is 3. The smallest absolute Gasteiger partial charge is 0.223 e. The third-order valence-electron chi connectivity index (χ3n) is 6.03. The van der Waals surface area contributed by atoms with Crippen LogP contribution in [0.3, 0.4) is 0 Å². The quantitative estimate of drug-likeness (QED) is 0.711. The normalized spacial score (nSPS) is 23.2. The van der Waals surface area contributed by atoms with Crippen LogP contribution in [0.4, 0.5) is 17.5 Å². The highest BCUT2D eigenvalue weighted by atomic mass is 35.5. The molecular formula is C20H26ClN5O3. The number of nitrogen functional groups attached to an aromatic ring is 2. The predicted molar refractivity (Wildman–Crippen MR) is 113 cm³/mol. The van der Waals surface area contributed by atoms with E-state index in [2.05, 4.69) is 14.9 Å². The Labute approximate surface area is 175 Å². The first kappa shape index (κ1) is 19.7. The number of piperidine rings is 1. The zero-order valence-electron chi connectivity index (χ0n) is 16.8. The molecule has 156 valence electrons. The minimum atomic E-state index is 0.106. The van der Waals surface area contributed by atoms with Crippen LogP contribution in [0.1, 0.15) is 37.2 Å². The standard InChI is InChI=1S/C20H26ClN5O3/c1-27-14-8-13(9-15(28-2)17(14)29-3)26-11-4-5-12(26)7-10(6-11)16-18(21)24-20(23)25-19(16)22/h8-12H,4-7H2,1-3H3,(H4,22,23,24,25). The van der Waals surface area contributed by atoms with Crippen molar-refractivity contribution >= 4 is 29.1 Å².